The van der Waals surface area contributed by atoms with E-state index in [9.17, 15) is 14.7 Å². The van der Waals surface area contributed by atoms with E-state index in [1.54, 1.807) is 17.0 Å². The number of urea groups is 1. The van der Waals surface area contributed by atoms with Crippen LogP contribution in [0.2, 0.25) is 0 Å². The molecule has 0 radical (unpaired) electrons. The SMILES string of the molecule is C=C1COCCN1c1nc(-c2ccc(NC(=O)NCC)cc2)nc2c1CCN(C(=O)C(C)(C)O)C2. The number of nitrogens with zero attached hydrogens (tertiary/aromatic N) is 4. The Balaban J connectivity index is 1.70. The molecule has 1 aromatic heterocycles. The Kier molecular flexibility index (Phi) is 7.04. The fourth-order valence-electron chi connectivity index (χ4n) is 4.20. The van der Waals surface area contributed by atoms with Gasteiger partial charge < -0.3 is 30.3 Å². The molecule has 0 spiro atoms. The molecule has 2 aliphatic heterocycles. The van der Waals surface area contributed by atoms with Gasteiger partial charge in [-0.3, -0.25) is 4.79 Å². The summed E-state index contributed by atoms with van der Waals surface area (Å²) in [4.78, 5) is 38.0. The monoisotopic (exact) mass is 480 g/mol. The second-order valence-corrected chi connectivity index (χ2v) is 9.16. The van der Waals surface area contributed by atoms with E-state index >= 15 is 0 Å². The lowest BCUT2D eigenvalue weighted by atomic mass is 10.0. The molecule has 1 fully saturated rings. The molecule has 2 aliphatic rings. The molecule has 3 N–H and O–H groups in total. The zero-order chi connectivity index (χ0) is 25.2. The summed E-state index contributed by atoms with van der Waals surface area (Å²) < 4.78 is 5.54. The molecule has 0 bridgehead atoms. The standard InChI is InChI=1S/C25H32N6O4/c1-5-26-24(33)27-18-8-6-17(7-9-18)21-28-20-14-30(23(32)25(3,4)34)11-10-19(20)22(29-21)31-12-13-35-15-16(31)2/h6-9,34H,2,5,10-15H2,1,3-4H3,(H2,26,27,33). The van der Waals surface area contributed by atoms with Crippen LogP contribution in [0.15, 0.2) is 36.5 Å². The normalized spacial score (nSPS) is 16.1. The number of benzene rings is 1. The topological polar surface area (TPSA) is 120 Å². The van der Waals surface area contributed by atoms with Gasteiger partial charge >= 0.3 is 6.03 Å². The number of carbonyl (C=O) groups excluding carboxylic acids is 2. The molecule has 0 unspecified atom stereocenters. The van der Waals surface area contributed by atoms with Crippen molar-refractivity contribution in [1.29, 1.82) is 0 Å². The van der Waals surface area contributed by atoms with E-state index < -0.39 is 5.60 Å². The van der Waals surface area contributed by atoms with Gasteiger partial charge in [0.15, 0.2) is 5.82 Å². The first-order valence-electron chi connectivity index (χ1n) is 11.8. The first-order chi connectivity index (χ1) is 16.7. The highest BCUT2D eigenvalue weighted by Crippen LogP contribution is 2.32. The summed E-state index contributed by atoms with van der Waals surface area (Å²) >= 11 is 0. The molecule has 4 rings (SSSR count). The van der Waals surface area contributed by atoms with Crippen LogP contribution in [0.5, 0.6) is 0 Å². The van der Waals surface area contributed by atoms with Crippen LogP contribution in [0.4, 0.5) is 16.3 Å². The first kappa shape index (κ1) is 24.6. The van der Waals surface area contributed by atoms with Crippen LogP contribution in [0.3, 0.4) is 0 Å². The summed E-state index contributed by atoms with van der Waals surface area (Å²) in [7, 11) is 0. The number of rotatable bonds is 5. The summed E-state index contributed by atoms with van der Waals surface area (Å²) in [5.74, 6) is 0.958. The van der Waals surface area contributed by atoms with Gasteiger partial charge in [-0.2, -0.15) is 0 Å². The number of anilines is 2. The number of hydrogen-bond acceptors (Lipinski definition) is 7. The lowest BCUT2D eigenvalue weighted by molar-refractivity contribution is -0.148. The van der Waals surface area contributed by atoms with Crippen molar-refractivity contribution in [3.63, 3.8) is 0 Å². The molecule has 2 aromatic rings. The first-order valence-corrected chi connectivity index (χ1v) is 11.8. The van der Waals surface area contributed by atoms with Crippen LogP contribution < -0.4 is 15.5 Å². The average Bonchev–Trinajstić information content (AvgIpc) is 2.83. The molecular formula is C25H32N6O4. The maximum atomic E-state index is 12.7. The molecular weight excluding hydrogens is 448 g/mol. The number of aromatic nitrogens is 2. The molecule has 0 atom stereocenters. The van der Waals surface area contributed by atoms with Crippen molar-refractivity contribution in [1.82, 2.24) is 20.2 Å². The third kappa shape index (κ3) is 5.44. The molecule has 1 aromatic carbocycles. The molecule has 10 nitrogen and oxygen atoms in total. The van der Waals surface area contributed by atoms with Gasteiger partial charge in [-0.05, 0) is 51.5 Å². The van der Waals surface area contributed by atoms with Crippen molar-refractivity contribution in [2.24, 2.45) is 0 Å². The van der Waals surface area contributed by atoms with Crippen LogP contribution >= 0.6 is 0 Å². The number of hydrogen-bond donors (Lipinski definition) is 3. The van der Waals surface area contributed by atoms with Gasteiger partial charge in [-0.15, -0.1) is 0 Å². The molecule has 0 saturated carbocycles. The summed E-state index contributed by atoms with van der Waals surface area (Å²) in [6, 6.07) is 7.03. The van der Waals surface area contributed by atoms with Crippen LogP contribution in [0.25, 0.3) is 11.4 Å². The van der Waals surface area contributed by atoms with Gasteiger partial charge in [0, 0.05) is 42.1 Å². The van der Waals surface area contributed by atoms with E-state index in [4.69, 9.17) is 14.7 Å². The summed E-state index contributed by atoms with van der Waals surface area (Å²) in [5.41, 5.74) is 2.52. The molecule has 10 heteroatoms. The van der Waals surface area contributed by atoms with Crippen molar-refractivity contribution < 1.29 is 19.4 Å². The highest BCUT2D eigenvalue weighted by atomic mass is 16.5. The minimum atomic E-state index is -1.46. The van der Waals surface area contributed by atoms with Crippen molar-refractivity contribution in [3.8, 4) is 11.4 Å². The Morgan fingerprint density at radius 3 is 2.60 bits per heavy atom. The lowest BCUT2D eigenvalue weighted by Crippen LogP contribution is -2.47. The minimum Gasteiger partial charge on any atom is -0.381 e. The molecule has 186 valence electrons. The quantitative estimate of drug-likeness (QED) is 0.601. The Morgan fingerprint density at radius 1 is 1.20 bits per heavy atom. The Bertz CT molecular complexity index is 1130. The number of ether oxygens (including phenoxy) is 1. The van der Waals surface area contributed by atoms with E-state index in [0.717, 1.165) is 28.3 Å². The van der Waals surface area contributed by atoms with Gasteiger partial charge in [0.1, 0.15) is 11.4 Å². The van der Waals surface area contributed by atoms with Gasteiger partial charge in [0.25, 0.3) is 5.91 Å². The van der Waals surface area contributed by atoms with Gasteiger partial charge in [-0.25, -0.2) is 14.8 Å². The third-order valence-electron chi connectivity index (χ3n) is 5.96. The van der Waals surface area contributed by atoms with E-state index in [1.165, 1.54) is 13.8 Å². The van der Waals surface area contributed by atoms with Crippen molar-refractivity contribution in [2.45, 2.75) is 39.3 Å². The summed E-state index contributed by atoms with van der Waals surface area (Å²) in [6.07, 6.45) is 0.576. The van der Waals surface area contributed by atoms with E-state index in [1.807, 2.05) is 19.1 Å². The molecule has 3 heterocycles. The zero-order valence-electron chi connectivity index (χ0n) is 20.4. The van der Waals surface area contributed by atoms with Crippen molar-refractivity contribution in [2.75, 3.05) is 43.1 Å². The van der Waals surface area contributed by atoms with Crippen LogP contribution in [0, 0.1) is 0 Å². The van der Waals surface area contributed by atoms with Gasteiger partial charge in [0.05, 0.1) is 25.5 Å². The van der Waals surface area contributed by atoms with Gasteiger partial charge in [0.2, 0.25) is 0 Å². The highest BCUT2D eigenvalue weighted by Gasteiger charge is 2.34. The minimum absolute atomic E-state index is 0.269. The molecule has 35 heavy (non-hydrogen) atoms. The fraction of sp³-hybridized carbons (Fsp3) is 0.440. The predicted octanol–water partition coefficient (Wildman–Crippen LogP) is 2.29. The summed E-state index contributed by atoms with van der Waals surface area (Å²) in [6.45, 7) is 11.9. The number of fused-ring (bicyclic) bond motifs is 1. The maximum absolute atomic E-state index is 12.7. The number of amides is 3. The van der Waals surface area contributed by atoms with E-state index in [2.05, 4.69) is 22.1 Å². The van der Waals surface area contributed by atoms with Crippen LogP contribution in [0.1, 0.15) is 32.0 Å². The van der Waals surface area contributed by atoms with Gasteiger partial charge in [-0.1, -0.05) is 6.58 Å². The second-order valence-electron chi connectivity index (χ2n) is 9.16. The highest BCUT2D eigenvalue weighted by molar-refractivity contribution is 5.89. The maximum Gasteiger partial charge on any atom is 0.319 e. The largest absolute Gasteiger partial charge is 0.381 e. The average molecular weight is 481 g/mol. The molecule has 1 saturated heterocycles. The molecule has 3 amide bonds. The third-order valence-corrected chi connectivity index (χ3v) is 5.96. The zero-order valence-corrected chi connectivity index (χ0v) is 20.4. The van der Waals surface area contributed by atoms with Crippen LogP contribution in [-0.4, -0.2) is 70.4 Å². The Labute approximate surface area is 205 Å². The van der Waals surface area contributed by atoms with E-state index in [-0.39, 0.29) is 18.5 Å². The lowest BCUT2D eigenvalue weighted by Gasteiger charge is -2.36. The number of morpholine rings is 1. The van der Waals surface area contributed by atoms with E-state index in [0.29, 0.717) is 50.8 Å². The second kappa shape index (κ2) is 10.0. The Morgan fingerprint density at radius 2 is 1.94 bits per heavy atom. The predicted molar refractivity (Wildman–Crippen MR) is 133 cm³/mol. The smallest absolute Gasteiger partial charge is 0.319 e. The number of aliphatic hydroxyl groups is 1. The Hall–Kier alpha value is -3.50. The van der Waals surface area contributed by atoms with Crippen molar-refractivity contribution >= 4 is 23.4 Å². The fourth-order valence-corrected chi connectivity index (χ4v) is 4.20. The number of carbonyl (C=O) groups is 2. The number of nitrogens with one attached hydrogen (secondary N) is 2. The van der Waals surface area contributed by atoms with Crippen molar-refractivity contribution in [3.05, 3.63) is 47.8 Å². The summed E-state index contributed by atoms with van der Waals surface area (Å²) in [5, 5.41) is 15.7. The van der Waals surface area contributed by atoms with Crippen LogP contribution in [-0.2, 0) is 22.5 Å². The molecule has 0 aliphatic carbocycles.